The monoisotopic (exact) mass is 512 g/mol. The van der Waals surface area contributed by atoms with Crippen LogP contribution in [0.15, 0.2) is 36.4 Å². The fraction of sp³-hybridized carbons (Fsp3) is 0.483. The van der Waals surface area contributed by atoms with E-state index >= 15 is 0 Å². The lowest BCUT2D eigenvalue weighted by Crippen LogP contribution is -2.42. The summed E-state index contributed by atoms with van der Waals surface area (Å²) in [4.78, 5) is 39.1. The molecule has 2 N–H and O–H groups in total. The number of carboxylic acids is 1. The van der Waals surface area contributed by atoms with Crippen LogP contribution in [-0.2, 0) is 4.79 Å². The molecular weight excluding hydrogens is 472 g/mol. The number of hydrogen-bond acceptors (Lipinski definition) is 5. The average molecular weight is 513 g/mol. The van der Waals surface area contributed by atoms with Crippen molar-refractivity contribution in [1.82, 2.24) is 10.2 Å². The molecule has 0 aliphatic heterocycles. The van der Waals surface area contributed by atoms with Gasteiger partial charge in [0.25, 0.3) is 11.8 Å². The molecule has 0 saturated carbocycles. The number of carbonyl (C=O) groups is 3. The van der Waals surface area contributed by atoms with Crippen molar-refractivity contribution in [2.45, 2.75) is 92.6 Å². The third-order valence-electron chi connectivity index (χ3n) is 5.56. The second-order valence-electron chi connectivity index (χ2n) is 10.2. The molecule has 0 aliphatic rings. The first kappa shape index (κ1) is 29.7. The summed E-state index contributed by atoms with van der Waals surface area (Å²) < 4.78 is 12.0. The zero-order chi connectivity index (χ0) is 28.0. The van der Waals surface area contributed by atoms with Crippen LogP contribution in [0, 0.1) is 0 Å². The minimum atomic E-state index is -1.13. The molecule has 37 heavy (non-hydrogen) atoms. The number of carboxylic acid groups (broad SMARTS) is 1. The van der Waals surface area contributed by atoms with Crippen molar-refractivity contribution in [2.24, 2.45) is 0 Å². The van der Waals surface area contributed by atoms with E-state index < -0.39 is 17.9 Å². The summed E-state index contributed by atoms with van der Waals surface area (Å²) in [6, 6.07) is 9.50. The fourth-order valence-electron chi connectivity index (χ4n) is 4.02. The molecule has 0 spiro atoms. The van der Waals surface area contributed by atoms with Crippen LogP contribution in [0.2, 0.25) is 0 Å². The highest BCUT2D eigenvalue weighted by Gasteiger charge is 2.24. The fourth-order valence-corrected chi connectivity index (χ4v) is 4.02. The first-order valence-corrected chi connectivity index (χ1v) is 12.7. The average Bonchev–Trinajstić information content (AvgIpc) is 2.77. The summed E-state index contributed by atoms with van der Waals surface area (Å²) in [5, 5.41) is 11.6. The van der Waals surface area contributed by atoms with Gasteiger partial charge in [-0.05, 0) is 98.2 Å². The largest absolute Gasteiger partial charge is 0.490 e. The van der Waals surface area contributed by atoms with E-state index in [0.29, 0.717) is 17.1 Å². The van der Waals surface area contributed by atoms with E-state index in [0.717, 1.165) is 11.1 Å². The minimum Gasteiger partial charge on any atom is -0.490 e. The third kappa shape index (κ3) is 7.71. The van der Waals surface area contributed by atoms with E-state index in [1.807, 2.05) is 66.4 Å². The number of rotatable bonds is 11. The van der Waals surface area contributed by atoms with Gasteiger partial charge in [0, 0.05) is 23.2 Å². The van der Waals surface area contributed by atoms with Gasteiger partial charge in [-0.3, -0.25) is 14.4 Å². The van der Waals surface area contributed by atoms with Crippen molar-refractivity contribution in [3.05, 3.63) is 47.5 Å². The van der Waals surface area contributed by atoms with E-state index in [4.69, 9.17) is 14.6 Å². The predicted octanol–water partition coefficient (Wildman–Crippen LogP) is 5.39. The number of hydrogen-bond donors (Lipinski definition) is 2. The molecule has 2 aromatic carbocycles. The zero-order valence-corrected chi connectivity index (χ0v) is 23.3. The Labute approximate surface area is 220 Å². The number of nitrogens with zero attached hydrogens (tertiary/aromatic N) is 1. The van der Waals surface area contributed by atoms with Gasteiger partial charge in [-0.25, -0.2) is 0 Å². The van der Waals surface area contributed by atoms with Gasteiger partial charge in [0.1, 0.15) is 17.5 Å². The molecular formula is C29H40N2O6. The Morgan fingerprint density at radius 1 is 0.784 bits per heavy atom. The molecule has 2 amide bonds. The lowest BCUT2D eigenvalue weighted by atomic mass is 9.99. The van der Waals surface area contributed by atoms with Crippen LogP contribution >= 0.6 is 0 Å². The molecule has 8 nitrogen and oxygen atoms in total. The summed E-state index contributed by atoms with van der Waals surface area (Å²) in [5.41, 5.74) is 2.23. The standard InChI is InChI=1S/C29H40N2O6/c1-16(2)31(17(3)4)28(33)22-11-12-23(25(15-22)36-18(5)6)21-10-13-24(26(14-21)37-19(7)8)27(32)30-20(9)29(34)35/h10-20H,1-9H3,(H,30,32)(H,34,35). The molecule has 0 aliphatic carbocycles. The molecule has 2 rings (SSSR count). The van der Waals surface area contributed by atoms with Gasteiger partial charge in [-0.15, -0.1) is 0 Å². The van der Waals surface area contributed by atoms with E-state index in [9.17, 15) is 14.4 Å². The van der Waals surface area contributed by atoms with Crippen molar-refractivity contribution >= 4 is 17.8 Å². The van der Waals surface area contributed by atoms with Crippen molar-refractivity contribution in [2.75, 3.05) is 0 Å². The summed E-state index contributed by atoms with van der Waals surface area (Å²) in [6.07, 6.45) is -0.354. The maximum Gasteiger partial charge on any atom is 0.325 e. The van der Waals surface area contributed by atoms with Gasteiger partial charge in [-0.2, -0.15) is 0 Å². The Bertz CT molecular complexity index is 1120. The number of ether oxygens (including phenoxy) is 2. The van der Waals surface area contributed by atoms with Crippen LogP contribution in [0.25, 0.3) is 11.1 Å². The van der Waals surface area contributed by atoms with E-state index in [1.54, 1.807) is 30.3 Å². The molecule has 202 valence electrons. The Balaban J connectivity index is 2.58. The van der Waals surface area contributed by atoms with Gasteiger partial charge in [0.05, 0.1) is 17.8 Å². The maximum atomic E-state index is 13.3. The topological polar surface area (TPSA) is 105 Å². The highest BCUT2D eigenvalue weighted by atomic mass is 16.5. The van der Waals surface area contributed by atoms with E-state index in [2.05, 4.69) is 5.32 Å². The van der Waals surface area contributed by atoms with E-state index in [1.165, 1.54) is 6.92 Å². The molecule has 0 saturated heterocycles. The molecule has 0 aromatic heterocycles. The minimum absolute atomic E-state index is 0.0416. The van der Waals surface area contributed by atoms with Crippen LogP contribution in [0.3, 0.4) is 0 Å². The maximum absolute atomic E-state index is 13.3. The Morgan fingerprint density at radius 3 is 1.86 bits per heavy atom. The van der Waals surface area contributed by atoms with E-state index in [-0.39, 0.29) is 35.8 Å². The van der Waals surface area contributed by atoms with Gasteiger partial charge >= 0.3 is 5.97 Å². The van der Waals surface area contributed by atoms with Crippen LogP contribution in [-0.4, -0.2) is 58.1 Å². The second-order valence-corrected chi connectivity index (χ2v) is 10.2. The van der Waals surface area contributed by atoms with Crippen molar-refractivity contribution in [1.29, 1.82) is 0 Å². The van der Waals surface area contributed by atoms with Crippen LogP contribution in [0.1, 0.15) is 83.0 Å². The van der Waals surface area contributed by atoms with Crippen molar-refractivity contribution in [3.63, 3.8) is 0 Å². The Hall–Kier alpha value is -3.55. The number of aliphatic carboxylic acids is 1. The zero-order valence-electron chi connectivity index (χ0n) is 23.3. The number of nitrogens with one attached hydrogen (secondary N) is 1. The molecule has 1 unspecified atom stereocenters. The molecule has 0 heterocycles. The second kappa shape index (κ2) is 12.6. The van der Waals surface area contributed by atoms with Crippen LogP contribution in [0.5, 0.6) is 11.5 Å². The van der Waals surface area contributed by atoms with Gasteiger partial charge in [-0.1, -0.05) is 6.07 Å². The Kier molecular flexibility index (Phi) is 10.1. The van der Waals surface area contributed by atoms with Crippen LogP contribution in [0.4, 0.5) is 0 Å². The third-order valence-corrected chi connectivity index (χ3v) is 5.56. The summed E-state index contributed by atoms with van der Waals surface area (Å²) in [5.74, 6) is -0.882. The molecule has 2 aromatic rings. The van der Waals surface area contributed by atoms with Gasteiger partial charge in [0.2, 0.25) is 0 Å². The number of amides is 2. The number of benzene rings is 2. The highest BCUT2D eigenvalue weighted by molar-refractivity contribution is 6.00. The predicted molar refractivity (Wildman–Crippen MR) is 144 cm³/mol. The summed E-state index contributed by atoms with van der Waals surface area (Å²) >= 11 is 0. The molecule has 0 radical (unpaired) electrons. The van der Waals surface area contributed by atoms with Crippen LogP contribution < -0.4 is 14.8 Å². The van der Waals surface area contributed by atoms with Crippen molar-refractivity contribution < 1.29 is 29.0 Å². The number of carbonyl (C=O) groups excluding carboxylic acids is 2. The smallest absolute Gasteiger partial charge is 0.325 e. The van der Waals surface area contributed by atoms with Crippen molar-refractivity contribution in [3.8, 4) is 22.6 Å². The SMILES string of the molecule is CC(C)Oc1cc(-c2ccc(C(=O)N(C(C)C)C(C)C)cc2OC(C)C)ccc1C(=O)NC(C)C(=O)O. The Morgan fingerprint density at radius 2 is 1.35 bits per heavy atom. The first-order chi connectivity index (χ1) is 17.2. The summed E-state index contributed by atoms with van der Waals surface area (Å²) in [6.45, 7) is 16.9. The quantitative estimate of drug-likeness (QED) is 0.418. The molecule has 0 bridgehead atoms. The first-order valence-electron chi connectivity index (χ1n) is 12.7. The highest BCUT2D eigenvalue weighted by Crippen LogP contribution is 2.36. The summed E-state index contributed by atoms with van der Waals surface area (Å²) in [7, 11) is 0. The normalized spacial score (nSPS) is 12.1. The van der Waals surface area contributed by atoms with Gasteiger partial charge < -0.3 is 24.8 Å². The molecule has 1 atom stereocenters. The lowest BCUT2D eigenvalue weighted by Gasteiger charge is -2.31. The molecule has 8 heteroatoms. The lowest BCUT2D eigenvalue weighted by molar-refractivity contribution is -0.138. The van der Waals surface area contributed by atoms with Gasteiger partial charge in [0.15, 0.2) is 0 Å². The molecule has 0 fully saturated rings.